The lowest BCUT2D eigenvalue weighted by molar-refractivity contribution is -0.384. The summed E-state index contributed by atoms with van der Waals surface area (Å²) < 4.78 is 5.07. The number of non-ortho nitro benzene ring substituents is 1. The summed E-state index contributed by atoms with van der Waals surface area (Å²) in [6, 6.07) is 3.13. The molecule has 1 heterocycles. The minimum Gasteiger partial charge on any atom is -0.496 e. The number of hydrogen-bond acceptors (Lipinski definition) is 7. The fraction of sp³-hybridized carbons (Fsp3) is 0.267. The second-order valence-corrected chi connectivity index (χ2v) is 6.14. The maximum atomic E-state index is 12.5. The van der Waals surface area contributed by atoms with Gasteiger partial charge < -0.3 is 15.2 Å². The van der Waals surface area contributed by atoms with Crippen LogP contribution in [0.3, 0.4) is 0 Å². The number of aromatic carboxylic acids is 1. The topological polar surface area (TPSA) is 132 Å². The Morgan fingerprint density at radius 1 is 1.44 bits per heavy atom. The lowest BCUT2D eigenvalue weighted by atomic mass is 10.1. The summed E-state index contributed by atoms with van der Waals surface area (Å²) in [6.07, 6.45) is 0. The number of benzene rings is 1. The summed E-state index contributed by atoms with van der Waals surface area (Å²) in [5.74, 6) is -1.48. The van der Waals surface area contributed by atoms with Crippen LogP contribution in [0.5, 0.6) is 5.75 Å². The van der Waals surface area contributed by atoms with Gasteiger partial charge >= 0.3 is 5.97 Å². The minimum absolute atomic E-state index is 0.00952. The number of rotatable bonds is 6. The molecule has 1 aromatic heterocycles. The smallest absolute Gasteiger partial charge is 0.347 e. The summed E-state index contributed by atoms with van der Waals surface area (Å²) in [7, 11) is 1.35. The highest BCUT2D eigenvalue weighted by molar-refractivity contribution is 7.13. The molecule has 9 nitrogen and oxygen atoms in total. The molecule has 1 aromatic carbocycles. The standard InChI is InChI=1S/C15H15N3O6S/c1-7-12(15(20)21)25-14(17-7)8(2)16-13(19)10-6-9(18(22)23)4-5-11(10)24-3/h4-6,8H,1-3H3,(H,16,19)(H,20,21). The predicted molar refractivity (Wildman–Crippen MR) is 89.3 cm³/mol. The molecule has 2 rings (SSSR count). The van der Waals surface area contributed by atoms with Gasteiger partial charge in [0.15, 0.2) is 0 Å². The molecule has 1 atom stereocenters. The van der Waals surface area contributed by atoms with Crippen molar-refractivity contribution in [2.24, 2.45) is 0 Å². The number of nitrogens with zero attached hydrogens (tertiary/aromatic N) is 2. The van der Waals surface area contributed by atoms with Gasteiger partial charge in [0.1, 0.15) is 15.6 Å². The van der Waals surface area contributed by atoms with Crippen LogP contribution in [-0.4, -0.2) is 34.0 Å². The molecule has 0 aliphatic heterocycles. The van der Waals surface area contributed by atoms with Crippen molar-refractivity contribution in [3.63, 3.8) is 0 Å². The third-order valence-electron chi connectivity index (χ3n) is 3.36. The number of carboxylic acids is 1. The Bertz CT molecular complexity index is 848. The molecule has 25 heavy (non-hydrogen) atoms. The normalized spacial score (nSPS) is 11.6. The first kappa shape index (κ1) is 18.3. The van der Waals surface area contributed by atoms with Crippen LogP contribution in [0.15, 0.2) is 18.2 Å². The van der Waals surface area contributed by atoms with E-state index in [1.54, 1.807) is 13.8 Å². The van der Waals surface area contributed by atoms with Gasteiger partial charge in [-0.05, 0) is 19.9 Å². The maximum absolute atomic E-state index is 12.5. The van der Waals surface area contributed by atoms with E-state index in [4.69, 9.17) is 9.84 Å². The average molecular weight is 365 g/mol. The van der Waals surface area contributed by atoms with E-state index in [1.807, 2.05) is 0 Å². The van der Waals surface area contributed by atoms with Crippen molar-refractivity contribution in [2.75, 3.05) is 7.11 Å². The van der Waals surface area contributed by atoms with Crippen molar-refractivity contribution in [3.8, 4) is 5.75 Å². The van der Waals surface area contributed by atoms with E-state index in [0.717, 1.165) is 17.4 Å². The lowest BCUT2D eigenvalue weighted by Crippen LogP contribution is -2.27. The number of thiazole rings is 1. The number of nitro benzene ring substituents is 1. The molecule has 2 aromatic rings. The third kappa shape index (κ3) is 3.91. The first-order valence-electron chi connectivity index (χ1n) is 7.08. The molecule has 0 spiro atoms. The molecule has 0 saturated heterocycles. The maximum Gasteiger partial charge on any atom is 0.347 e. The summed E-state index contributed by atoms with van der Waals surface area (Å²) in [4.78, 5) is 38.1. The molecule has 0 aliphatic rings. The third-order valence-corrected chi connectivity index (χ3v) is 4.69. The van der Waals surface area contributed by atoms with E-state index >= 15 is 0 Å². The molecule has 0 bridgehead atoms. The average Bonchev–Trinajstić information content (AvgIpc) is 2.96. The number of aromatic nitrogens is 1. The Balaban J connectivity index is 2.27. The fourth-order valence-corrected chi connectivity index (χ4v) is 3.03. The number of carbonyl (C=O) groups is 2. The van der Waals surface area contributed by atoms with E-state index < -0.39 is 22.8 Å². The van der Waals surface area contributed by atoms with Crippen molar-refractivity contribution in [2.45, 2.75) is 19.9 Å². The number of nitro groups is 1. The monoisotopic (exact) mass is 365 g/mol. The second-order valence-electron chi connectivity index (χ2n) is 5.11. The molecule has 1 unspecified atom stereocenters. The summed E-state index contributed by atoms with van der Waals surface area (Å²) in [6.45, 7) is 3.22. The number of hydrogen-bond donors (Lipinski definition) is 2. The van der Waals surface area contributed by atoms with E-state index in [0.29, 0.717) is 10.7 Å². The van der Waals surface area contributed by atoms with Crippen LogP contribution in [0.4, 0.5) is 5.69 Å². The van der Waals surface area contributed by atoms with Gasteiger partial charge in [0, 0.05) is 12.1 Å². The molecule has 0 aliphatic carbocycles. The predicted octanol–water partition coefficient (Wildman–Crippen LogP) is 2.56. The number of methoxy groups -OCH3 is 1. The Hall–Kier alpha value is -3.01. The minimum atomic E-state index is -1.08. The van der Waals surface area contributed by atoms with Crippen LogP contribution in [-0.2, 0) is 0 Å². The Morgan fingerprint density at radius 3 is 2.64 bits per heavy atom. The van der Waals surface area contributed by atoms with Gasteiger partial charge in [-0.2, -0.15) is 0 Å². The van der Waals surface area contributed by atoms with Gasteiger partial charge in [0.05, 0.1) is 29.3 Å². The molecule has 132 valence electrons. The Morgan fingerprint density at radius 2 is 2.12 bits per heavy atom. The van der Waals surface area contributed by atoms with Crippen molar-refractivity contribution < 1.29 is 24.4 Å². The molecule has 0 saturated carbocycles. The van der Waals surface area contributed by atoms with Crippen LogP contribution in [0, 0.1) is 17.0 Å². The van der Waals surface area contributed by atoms with E-state index in [-0.39, 0.29) is 21.9 Å². The first-order valence-corrected chi connectivity index (χ1v) is 7.90. The number of amides is 1. The largest absolute Gasteiger partial charge is 0.496 e. The number of ether oxygens (including phenoxy) is 1. The van der Waals surface area contributed by atoms with Crippen LogP contribution in [0.25, 0.3) is 0 Å². The van der Waals surface area contributed by atoms with Crippen molar-refractivity contribution in [1.82, 2.24) is 10.3 Å². The molecular weight excluding hydrogens is 350 g/mol. The molecule has 0 radical (unpaired) electrons. The van der Waals surface area contributed by atoms with Crippen molar-refractivity contribution in [3.05, 3.63) is 49.5 Å². The fourth-order valence-electron chi connectivity index (χ4n) is 2.12. The zero-order valence-corrected chi connectivity index (χ0v) is 14.4. The van der Waals surface area contributed by atoms with Crippen LogP contribution in [0.2, 0.25) is 0 Å². The zero-order chi connectivity index (χ0) is 18.7. The lowest BCUT2D eigenvalue weighted by Gasteiger charge is -2.13. The SMILES string of the molecule is COc1ccc([N+](=O)[O-])cc1C(=O)NC(C)c1nc(C)c(C(=O)O)s1. The summed E-state index contributed by atoms with van der Waals surface area (Å²) in [5.41, 5.74) is 0.133. The van der Waals surface area contributed by atoms with Gasteiger partial charge in [0.25, 0.3) is 11.6 Å². The van der Waals surface area contributed by atoms with Gasteiger partial charge in [-0.3, -0.25) is 14.9 Å². The second kappa shape index (κ2) is 7.26. The van der Waals surface area contributed by atoms with Gasteiger partial charge in [-0.15, -0.1) is 11.3 Å². The van der Waals surface area contributed by atoms with Crippen LogP contribution < -0.4 is 10.1 Å². The Labute approximate surface area is 146 Å². The van der Waals surface area contributed by atoms with Crippen LogP contribution in [0.1, 0.15) is 43.7 Å². The zero-order valence-electron chi connectivity index (χ0n) is 13.6. The van der Waals surface area contributed by atoms with Gasteiger partial charge in [0.2, 0.25) is 0 Å². The van der Waals surface area contributed by atoms with E-state index in [9.17, 15) is 19.7 Å². The number of nitrogens with one attached hydrogen (secondary N) is 1. The quantitative estimate of drug-likeness (QED) is 0.594. The molecular formula is C15H15N3O6S. The van der Waals surface area contributed by atoms with E-state index in [2.05, 4.69) is 10.3 Å². The van der Waals surface area contributed by atoms with Gasteiger partial charge in [-0.25, -0.2) is 9.78 Å². The van der Waals surface area contributed by atoms with Crippen molar-refractivity contribution in [1.29, 1.82) is 0 Å². The van der Waals surface area contributed by atoms with Crippen molar-refractivity contribution >= 4 is 28.9 Å². The highest BCUT2D eigenvalue weighted by atomic mass is 32.1. The molecule has 2 N–H and O–H groups in total. The number of carbonyl (C=O) groups excluding carboxylic acids is 1. The number of carboxylic acid groups (broad SMARTS) is 1. The highest BCUT2D eigenvalue weighted by Crippen LogP contribution is 2.27. The highest BCUT2D eigenvalue weighted by Gasteiger charge is 2.22. The Kier molecular flexibility index (Phi) is 5.32. The van der Waals surface area contributed by atoms with Crippen LogP contribution >= 0.6 is 11.3 Å². The van der Waals surface area contributed by atoms with Gasteiger partial charge in [-0.1, -0.05) is 0 Å². The summed E-state index contributed by atoms with van der Waals surface area (Å²) >= 11 is 0.966. The van der Waals surface area contributed by atoms with E-state index in [1.165, 1.54) is 19.2 Å². The number of aryl methyl sites for hydroxylation is 1. The molecule has 0 fully saturated rings. The summed E-state index contributed by atoms with van der Waals surface area (Å²) in [5, 5.41) is 23.0. The molecule has 10 heteroatoms. The molecule has 1 amide bonds. The first-order chi connectivity index (χ1) is 11.7.